The molecule has 0 radical (unpaired) electrons. The minimum atomic E-state index is -3.80. The Balaban J connectivity index is 1.49. The maximum absolute atomic E-state index is 13.3. The summed E-state index contributed by atoms with van der Waals surface area (Å²) in [6.45, 7) is 6.88. The number of carbonyl (C=O) groups is 1. The molecule has 2 aromatic rings. The fourth-order valence-corrected chi connectivity index (χ4v) is 6.43. The lowest BCUT2D eigenvalue weighted by Gasteiger charge is -2.37. The summed E-state index contributed by atoms with van der Waals surface area (Å²) in [5.41, 5.74) is 4.09. The number of sulfonamides is 1. The van der Waals surface area contributed by atoms with Gasteiger partial charge < -0.3 is 14.5 Å². The van der Waals surface area contributed by atoms with Crippen molar-refractivity contribution in [2.75, 3.05) is 38.2 Å². The van der Waals surface area contributed by atoms with Gasteiger partial charge in [0.25, 0.3) is 5.91 Å². The van der Waals surface area contributed by atoms with E-state index >= 15 is 0 Å². The molecule has 184 valence electrons. The molecular weight excluding hydrogens is 450 g/mol. The lowest BCUT2D eigenvalue weighted by Crippen LogP contribution is -2.49. The number of methoxy groups -OCH3 is 1. The Morgan fingerprint density at radius 2 is 1.71 bits per heavy atom. The number of rotatable bonds is 6. The Kier molecular flexibility index (Phi) is 7.48. The van der Waals surface area contributed by atoms with E-state index in [0.717, 1.165) is 45.2 Å². The third kappa shape index (κ3) is 5.23. The van der Waals surface area contributed by atoms with Gasteiger partial charge in [0.15, 0.2) is 0 Å². The Morgan fingerprint density at radius 3 is 2.38 bits per heavy atom. The molecule has 0 atom stereocenters. The molecule has 2 aliphatic rings. The fraction of sp³-hybridized carbons (Fsp3) is 0.500. The lowest BCUT2D eigenvalue weighted by molar-refractivity contribution is 0.0746. The zero-order valence-corrected chi connectivity index (χ0v) is 21.2. The van der Waals surface area contributed by atoms with E-state index in [-0.39, 0.29) is 22.6 Å². The molecule has 0 aromatic heterocycles. The summed E-state index contributed by atoms with van der Waals surface area (Å²) < 4.78 is 34.5. The van der Waals surface area contributed by atoms with E-state index in [1.54, 1.807) is 17.0 Å². The quantitative estimate of drug-likeness (QED) is 0.672. The molecule has 1 amide bonds. The van der Waals surface area contributed by atoms with Gasteiger partial charge in [-0.15, -0.1) is 0 Å². The molecule has 4 rings (SSSR count). The van der Waals surface area contributed by atoms with Crippen LogP contribution >= 0.6 is 0 Å². The monoisotopic (exact) mass is 485 g/mol. The van der Waals surface area contributed by atoms with Crippen molar-refractivity contribution in [1.29, 1.82) is 0 Å². The third-order valence-electron chi connectivity index (χ3n) is 7.11. The summed E-state index contributed by atoms with van der Waals surface area (Å²) in [5.74, 6) is 0.0944. The highest BCUT2D eigenvalue weighted by Crippen LogP contribution is 2.28. The van der Waals surface area contributed by atoms with Gasteiger partial charge in [-0.25, -0.2) is 13.1 Å². The Hall–Kier alpha value is -2.58. The first-order valence-electron chi connectivity index (χ1n) is 12.1. The highest BCUT2D eigenvalue weighted by Gasteiger charge is 2.28. The normalized spacial score (nSPS) is 17.6. The summed E-state index contributed by atoms with van der Waals surface area (Å²) >= 11 is 0. The van der Waals surface area contributed by atoms with Gasteiger partial charge in [0, 0.05) is 43.5 Å². The van der Waals surface area contributed by atoms with Crippen LogP contribution in [0.15, 0.2) is 41.3 Å². The van der Waals surface area contributed by atoms with Crippen molar-refractivity contribution in [2.45, 2.75) is 56.9 Å². The number of anilines is 1. The fourth-order valence-electron chi connectivity index (χ4n) is 4.93. The SMILES string of the molecule is COc1ccc(C(=O)N2CCN(c3cccc(C)c3C)CC2)cc1S(=O)(=O)NC1CCCCC1. The highest BCUT2D eigenvalue weighted by atomic mass is 32.2. The summed E-state index contributed by atoms with van der Waals surface area (Å²) in [5, 5.41) is 0. The summed E-state index contributed by atoms with van der Waals surface area (Å²) in [4.78, 5) is 17.4. The van der Waals surface area contributed by atoms with E-state index in [4.69, 9.17) is 4.74 Å². The van der Waals surface area contributed by atoms with Crippen molar-refractivity contribution in [3.8, 4) is 5.75 Å². The van der Waals surface area contributed by atoms with Crippen LogP contribution in [0.2, 0.25) is 0 Å². The Bertz CT molecular complexity index is 1130. The molecule has 1 aliphatic carbocycles. The van der Waals surface area contributed by atoms with Gasteiger partial charge in [0.2, 0.25) is 10.0 Å². The average molecular weight is 486 g/mol. The van der Waals surface area contributed by atoms with Crippen LogP contribution in [0.3, 0.4) is 0 Å². The minimum Gasteiger partial charge on any atom is -0.495 e. The van der Waals surface area contributed by atoms with Crippen molar-refractivity contribution >= 4 is 21.6 Å². The standard InChI is InChI=1S/C26H35N3O4S/c1-19-8-7-11-23(20(19)2)28-14-16-29(17-15-28)26(30)21-12-13-24(33-3)25(18-21)34(31,32)27-22-9-5-4-6-10-22/h7-8,11-13,18,22,27H,4-6,9-10,14-17H2,1-3H3. The molecule has 1 saturated carbocycles. The van der Waals surface area contributed by atoms with E-state index in [0.29, 0.717) is 18.7 Å². The minimum absolute atomic E-state index is 0.0282. The molecular formula is C26H35N3O4S. The number of amides is 1. The first kappa shape index (κ1) is 24.5. The second-order valence-corrected chi connectivity index (χ2v) is 11.0. The van der Waals surface area contributed by atoms with E-state index < -0.39 is 10.0 Å². The molecule has 7 nitrogen and oxygen atoms in total. The number of nitrogens with one attached hydrogen (secondary N) is 1. The maximum Gasteiger partial charge on any atom is 0.254 e. The first-order chi connectivity index (χ1) is 16.3. The summed E-state index contributed by atoms with van der Waals surface area (Å²) in [6.07, 6.45) is 4.87. The third-order valence-corrected chi connectivity index (χ3v) is 8.65. The predicted octanol–water partition coefficient (Wildman–Crippen LogP) is 3.89. The number of piperazine rings is 1. The number of aryl methyl sites for hydroxylation is 1. The van der Waals surface area contributed by atoms with Crippen LogP contribution in [0.1, 0.15) is 53.6 Å². The number of nitrogens with zero attached hydrogens (tertiary/aromatic N) is 2. The molecule has 0 unspecified atom stereocenters. The first-order valence-corrected chi connectivity index (χ1v) is 13.6. The van der Waals surface area contributed by atoms with Gasteiger partial charge in [0.1, 0.15) is 10.6 Å². The topological polar surface area (TPSA) is 79.0 Å². The molecule has 0 spiro atoms. The molecule has 2 fully saturated rings. The molecule has 0 bridgehead atoms. The predicted molar refractivity (Wildman–Crippen MR) is 134 cm³/mol. The van der Waals surface area contributed by atoms with E-state index in [2.05, 4.69) is 41.7 Å². The van der Waals surface area contributed by atoms with E-state index in [1.165, 1.54) is 30.0 Å². The zero-order chi connectivity index (χ0) is 24.3. The number of ether oxygens (including phenoxy) is 1. The van der Waals surface area contributed by atoms with Crippen LogP contribution in [0.4, 0.5) is 5.69 Å². The van der Waals surface area contributed by atoms with Gasteiger partial charge >= 0.3 is 0 Å². The van der Waals surface area contributed by atoms with Gasteiger partial charge in [-0.05, 0) is 62.1 Å². The van der Waals surface area contributed by atoms with Crippen molar-refractivity contribution in [2.24, 2.45) is 0 Å². The second-order valence-electron chi connectivity index (χ2n) is 9.32. The van der Waals surface area contributed by atoms with Gasteiger partial charge in [-0.3, -0.25) is 4.79 Å². The lowest BCUT2D eigenvalue weighted by atomic mass is 9.96. The van der Waals surface area contributed by atoms with Crippen molar-refractivity contribution in [3.63, 3.8) is 0 Å². The van der Waals surface area contributed by atoms with E-state index in [1.807, 2.05) is 0 Å². The van der Waals surface area contributed by atoms with Crippen LogP contribution < -0.4 is 14.4 Å². The smallest absolute Gasteiger partial charge is 0.254 e. The number of hydrogen-bond donors (Lipinski definition) is 1. The van der Waals surface area contributed by atoms with Crippen molar-refractivity contribution in [1.82, 2.24) is 9.62 Å². The molecule has 34 heavy (non-hydrogen) atoms. The molecule has 1 N–H and O–H groups in total. The number of benzene rings is 2. The largest absolute Gasteiger partial charge is 0.495 e. The molecule has 8 heteroatoms. The average Bonchev–Trinajstić information content (AvgIpc) is 2.85. The van der Waals surface area contributed by atoms with Crippen LogP contribution in [-0.2, 0) is 10.0 Å². The Labute approximate surface area is 203 Å². The highest BCUT2D eigenvalue weighted by molar-refractivity contribution is 7.89. The van der Waals surface area contributed by atoms with Gasteiger partial charge in [-0.2, -0.15) is 0 Å². The molecule has 1 saturated heterocycles. The zero-order valence-electron chi connectivity index (χ0n) is 20.3. The second kappa shape index (κ2) is 10.4. The van der Waals surface area contributed by atoms with Crippen molar-refractivity contribution < 1.29 is 17.9 Å². The van der Waals surface area contributed by atoms with E-state index in [9.17, 15) is 13.2 Å². The molecule has 1 heterocycles. The molecule has 2 aromatic carbocycles. The Morgan fingerprint density at radius 1 is 1.00 bits per heavy atom. The van der Waals surface area contributed by atoms with Crippen molar-refractivity contribution in [3.05, 3.63) is 53.1 Å². The van der Waals surface area contributed by atoms with Gasteiger partial charge in [-0.1, -0.05) is 31.4 Å². The van der Waals surface area contributed by atoms with Gasteiger partial charge in [0.05, 0.1) is 7.11 Å². The van der Waals surface area contributed by atoms with Crippen LogP contribution in [-0.4, -0.2) is 58.6 Å². The maximum atomic E-state index is 13.3. The number of hydrogen-bond acceptors (Lipinski definition) is 5. The van der Waals surface area contributed by atoms with Crippen LogP contribution in [0.25, 0.3) is 0 Å². The summed E-state index contributed by atoms with van der Waals surface area (Å²) in [7, 11) is -2.35. The molecule has 1 aliphatic heterocycles. The summed E-state index contributed by atoms with van der Waals surface area (Å²) in [6, 6.07) is 10.9. The van der Waals surface area contributed by atoms with Crippen LogP contribution in [0, 0.1) is 13.8 Å². The number of carbonyl (C=O) groups excluding carboxylic acids is 1. The van der Waals surface area contributed by atoms with Crippen LogP contribution in [0.5, 0.6) is 5.75 Å².